The zero-order valence-corrected chi connectivity index (χ0v) is 10.7. The Balaban J connectivity index is 2.60. The molecule has 1 amide bonds. The van der Waals surface area contributed by atoms with Crippen LogP contribution in [-0.4, -0.2) is 36.5 Å². The highest BCUT2D eigenvalue weighted by atomic mass is 16.2. The first-order valence-electron chi connectivity index (χ1n) is 5.75. The highest BCUT2D eigenvalue weighted by molar-refractivity contribution is 5.86. The molecule has 3 heteroatoms. The highest BCUT2D eigenvalue weighted by Crippen LogP contribution is 2.23. The Morgan fingerprint density at radius 1 is 1.47 bits per heavy atom. The summed E-state index contributed by atoms with van der Waals surface area (Å²) in [5.74, 6) is 0.231. The van der Waals surface area contributed by atoms with Crippen LogP contribution in [0.3, 0.4) is 0 Å². The van der Waals surface area contributed by atoms with Gasteiger partial charge in [0.05, 0.1) is 5.54 Å². The standard InChI is InChI=1S/C12H24N2O/c1-11(2,3)9-14(5)10(15)12(4)7-6-8-13-12/h13H,6-9H2,1-5H3. The van der Waals surface area contributed by atoms with Crippen LogP contribution in [0.1, 0.15) is 40.5 Å². The molecule has 1 fully saturated rings. The second-order valence-electron chi connectivity index (χ2n) is 6.08. The summed E-state index contributed by atoms with van der Waals surface area (Å²) in [6.07, 6.45) is 2.06. The Bertz CT molecular complexity index is 236. The first-order valence-corrected chi connectivity index (χ1v) is 5.75. The van der Waals surface area contributed by atoms with Crippen molar-refractivity contribution in [1.82, 2.24) is 10.2 Å². The van der Waals surface area contributed by atoms with Crippen LogP contribution >= 0.6 is 0 Å². The molecule has 0 aromatic carbocycles. The predicted octanol–water partition coefficient (Wildman–Crippen LogP) is 1.63. The molecule has 1 atom stereocenters. The van der Waals surface area contributed by atoms with Gasteiger partial charge in [-0.25, -0.2) is 0 Å². The van der Waals surface area contributed by atoms with Gasteiger partial charge in [0.2, 0.25) is 5.91 Å². The van der Waals surface area contributed by atoms with E-state index >= 15 is 0 Å². The number of hydrogen-bond donors (Lipinski definition) is 1. The smallest absolute Gasteiger partial charge is 0.242 e. The fourth-order valence-electron chi connectivity index (χ4n) is 2.28. The zero-order valence-electron chi connectivity index (χ0n) is 10.7. The van der Waals surface area contributed by atoms with Crippen LogP contribution in [0.25, 0.3) is 0 Å². The molecular weight excluding hydrogens is 188 g/mol. The van der Waals surface area contributed by atoms with Crippen molar-refractivity contribution in [2.45, 2.75) is 46.1 Å². The summed E-state index contributed by atoms with van der Waals surface area (Å²) in [6.45, 7) is 10.2. The molecule has 1 saturated heterocycles. The number of rotatable bonds is 2. The molecule has 3 nitrogen and oxygen atoms in total. The maximum atomic E-state index is 12.2. The van der Waals surface area contributed by atoms with Crippen molar-refractivity contribution in [2.75, 3.05) is 20.1 Å². The molecule has 1 unspecified atom stereocenters. The van der Waals surface area contributed by atoms with E-state index < -0.39 is 0 Å². The maximum absolute atomic E-state index is 12.2. The third kappa shape index (κ3) is 3.20. The average molecular weight is 212 g/mol. The number of carbonyl (C=O) groups is 1. The summed E-state index contributed by atoms with van der Waals surface area (Å²) in [6, 6.07) is 0. The summed E-state index contributed by atoms with van der Waals surface area (Å²) < 4.78 is 0. The number of hydrogen-bond acceptors (Lipinski definition) is 2. The lowest BCUT2D eigenvalue weighted by atomic mass is 9.93. The van der Waals surface area contributed by atoms with Gasteiger partial charge in [0.1, 0.15) is 0 Å². The molecule has 1 heterocycles. The number of nitrogens with zero attached hydrogens (tertiary/aromatic N) is 1. The van der Waals surface area contributed by atoms with Crippen molar-refractivity contribution in [2.24, 2.45) is 5.41 Å². The molecular formula is C12H24N2O. The average Bonchev–Trinajstić information content (AvgIpc) is 2.49. The van der Waals surface area contributed by atoms with Crippen LogP contribution in [0.2, 0.25) is 0 Å². The monoisotopic (exact) mass is 212 g/mol. The topological polar surface area (TPSA) is 32.3 Å². The zero-order chi connectivity index (χ0) is 11.7. The summed E-state index contributed by atoms with van der Waals surface area (Å²) in [5.41, 5.74) is -0.153. The van der Waals surface area contributed by atoms with E-state index in [4.69, 9.17) is 0 Å². The number of likely N-dealkylation sites (N-methyl/N-ethyl adjacent to an activating group) is 1. The molecule has 15 heavy (non-hydrogen) atoms. The molecule has 1 N–H and O–H groups in total. The number of nitrogens with one attached hydrogen (secondary N) is 1. The van der Waals surface area contributed by atoms with Crippen LogP contribution in [0, 0.1) is 5.41 Å². The van der Waals surface area contributed by atoms with Gasteiger partial charge in [-0.1, -0.05) is 20.8 Å². The summed E-state index contributed by atoms with van der Waals surface area (Å²) in [5, 5.41) is 3.31. The molecule has 0 saturated carbocycles. The highest BCUT2D eigenvalue weighted by Gasteiger charge is 2.38. The lowest BCUT2D eigenvalue weighted by molar-refractivity contribution is -0.137. The van der Waals surface area contributed by atoms with Gasteiger partial charge in [-0.05, 0) is 31.7 Å². The second-order valence-corrected chi connectivity index (χ2v) is 6.08. The molecule has 0 aromatic rings. The minimum Gasteiger partial charge on any atom is -0.344 e. The maximum Gasteiger partial charge on any atom is 0.242 e. The summed E-state index contributed by atoms with van der Waals surface area (Å²) in [4.78, 5) is 14.1. The van der Waals surface area contributed by atoms with Gasteiger partial charge in [-0.3, -0.25) is 4.79 Å². The third-order valence-electron chi connectivity index (χ3n) is 2.90. The molecule has 0 spiro atoms. The van der Waals surface area contributed by atoms with Gasteiger partial charge in [-0.2, -0.15) is 0 Å². The van der Waals surface area contributed by atoms with Crippen LogP contribution in [0.4, 0.5) is 0 Å². The van der Waals surface area contributed by atoms with E-state index in [0.29, 0.717) is 0 Å². The van der Waals surface area contributed by atoms with E-state index in [1.807, 2.05) is 18.9 Å². The molecule has 0 radical (unpaired) electrons. The van der Waals surface area contributed by atoms with Gasteiger partial charge in [-0.15, -0.1) is 0 Å². The number of amides is 1. The first kappa shape index (κ1) is 12.5. The lowest BCUT2D eigenvalue weighted by Crippen LogP contribution is -2.53. The first-order chi connectivity index (χ1) is 6.75. The van der Waals surface area contributed by atoms with Crippen molar-refractivity contribution in [1.29, 1.82) is 0 Å². The molecule has 0 aromatic heterocycles. The third-order valence-corrected chi connectivity index (χ3v) is 2.90. The molecule has 1 aliphatic rings. The minimum atomic E-state index is -0.319. The van der Waals surface area contributed by atoms with E-state index in [1.165, 1.54) is 0 Å². The van der Waals surface area contributed by atoms with Gasteiger partial charge >= 0.3 is 0 Å². The normalized spacial score (nSPS) is 26.7. The Hall–Kier alpha value is -0.570. The fraction of sp³-hybridized carbons (Fsp3) is 0.917. The summed E-state index contributed by atoms with van der Waals surface area (Å²) in [7, 11) is 1.90. The van der Waals surface area contributed by atoms with E-state index in [1.54, 1.807) is 0 Å². The van der Waals surface area contributed by atoms with E-state index in [0.717, 1.165) is 25.9 Å². The van der Waals surface area contributed by atoms with E-state index in [-0.39, 0.29) is 16.9 Å². The number of carbonyl (C=O) groups excluding carboxylic acids is 1. The lowest BCUT2D eigenvalue weighted by Gasteiger charge is -2.33. The second kappa shape index (κ2) is 4.12. The van der Waals surface area contributed by atoms with Crippen LogP contribution in [-0.2, 0) is 4.79 Å². The largest absolute Gasteiger partial charge is 0.344 e. The van der Waals surface area contributed by atoms with Crippen molar-refractivity contribution in [3.8, 4) is 0 Å². The van der Waals surface area contributed by atoms with Crippen LogP contribution in [0.5, 0.6) is 0 Å². The fourth-order valence-corrected chi connectivity index (χ4v) is 2.28. The molecule has 1 aliphatic heterocycles. The van der Waals surface area contributed by atoms with Crippen molar-refractivity contribution in [3.63, 3.8) is 0 Å². The van der Waals surface area contributed by atoms with E-state index in [2.05, 4.69) is 26.1 Å². The van der Waals surface area contributed by atoms with Crippen molar-refractivity contribution in [3.05, 3.63) is 0 Å². The Labute approximate surface area is 93.2 Å². The predicted molar refractivity (Wildman–Crippen MR) is 62.7 cm³/mol. The molecule has 0 bridgehead atoms. The van der Waals surface area contributed by atoms with Gasteiger partial charge in [0, 0.05) is 13.6 Å². The Morgan fingerprint density at radius 3 is 2.47 bits per heavy atom. The van der Waals surface area contributed by atoms with Gasteiger partial charge in [0.15, 0.2) is 0 Å². The molecule has 88 valence electrons. The van der Waals surface area contributed by atoms with Crippen LogP contribution in [0.15, 0.2) is 0 Å². The van der Waals surface area contributed by atoms with Crippen LogP contribution < -0.4 is 5.32 Å². The van der Waals surface area contributed by atoms with Crippen molar-refractivity contribution >= 4 is 5.91 Å². The van der Waals surface area contributed by atoms with Gasteiger partial charge < -0.3 is 10.2 Å². The van der Waals surface area contributed by atoms with Gasteiger partial charge in [0.25, 0.3) is 0 Å². The quantitative estimate of drug-likeness (QED) is 0.754. The Morgan fingerprint density at radius 2 is 2.07 bits per heavy atom. The summed E-state index contributed by atoms with van der Waals surface area (Å²) >= 11 is 0. The molecule has 0 aliphatic carbocycles. The minimum absolute atomic E-state index is 0.166. The van der Waals surface area contributed by atoms with Crippen molar-refractivity contribution < 1.29 is 4.79 Å². The molecule has 1 rings (SSSR count). The Kier molecular flexibility index (Phi) is 3.44. The van der Waals surface area contributed by atoms with E-state index in [9.17, 15) is 4.79 Å². The SMILES string of the molecule is CN(CC(C)(C)C)C(=O)C1(C)CCCN1.